The van der Waals surface area contributed by atoms with Gasteiger partial charge in [0.05, 0.1) is 24.4 Å². The molecule has 0 aliphatic carbocycles. The van der Waals surface area contributed by atoms with Crippen molar-refractivity contribution in [3.63, 3.8) is 0 Å². The maximum atomic E-state index is 11.5. The molecule has 6 nitrogen and oxygen atoms in total. The maximum absolute atomic E-state index is 11.5. The van der Waals surface area contributed by atoms with Crippen molar-refractivity contribution in [3.8, 4) is 11.3 Å². The van der Waals surface area contributed by atoms with Gasteiger partial charge in [-0.2, -0.15) is 5.10 Å². The quantitative estimate of drug-likeness (QED) is 0.724. The zero-order valence-corrected chi connectivity index (χ0v) is 11.2. The van der Waals surface area contributed by atoms with Gasteiger partial charge < -0.3 is 9.72 Å². The Morgan fingerprint density at radius 1 is 1.14 bits per heavy atom. The summed E-state index contributed by atoms with van der Waals surface area (Å²) in [5.41, 5.74) is 2.17. The van der Waals surface area contributed by atoms with Crippen molar-refractivity contribution >= 4 is 16.9 Å². The van der Waals surface area contributed by atoms with Crippen LogP contribution in [0.2, 0.25) is 0 Å². The molecule has 0 saturated heterocycles. The van der Waals surface area contributed by atoms with Crippen molar-refractivity contribution in [2.24, 2.45) is 0 Å². The average molecular weight is 281 g/mol. The Labute approximate surface area is 119 Å². The molecule has 0 atom stereocenters. The Morgan fingerprint density at radius 2 is 1.90 bits per heavy atom. The second kappa shape index (κ2) is 5.16. The van der Waals surface area contributed by atoms with Crippen molar-refractivity contribution in [3.05, 3.63) is 58.5 Å². The Morgan fingerprint density at radius 3 is 2.62 bits per heavy atom. The number of benzene rings is 1. The molecule has 0 aliphatic heterocycles. The summed E-state index contributed by atoms with van der Waals surface area (Å²) >= 11 is 0. The minimum Gasteiger partial charge on any atom is -0.465 e. The van der Waals surface area contributed by atoms with Gasteiger partial charge in [0.2, 0.25) is 5.56 Å². The van der Waals surface area contributed by atoms with Crippen molar-refractivity contribution in [1.29, 1.82) is 0 Å². The summed E-state index contributed by atoms with van der Waals surface area (Å²) in [6.07, 6.45) is 1.58. The number of hydrogen-bond acceptors (Lipinski definition) is 5. The van der Waals surface area contributed by atoms with Crippen molar-refractivity contribution in [2.45, 2.75) is 0 Å². The van der Waals surface area contributed by atoms with Gasteiger partial charge in [-0.1, -0.05) is 12.1 Å². The highest BCUT2D eigenvalue weighted by molar-refractivity contribution is 5.92. The normalized spacial score (nSPS) is 10.5. The molecule has 2 heterocycles. The van der Waals surface area contributed by atoms with E-state index in [-0.39, 0.29) is 5.56 Å². The van der Waals surface area contributed by atoms with E-state index in [9.17, 15) is 9.59 Å². The van der Waals surface area contributed by atoms with Crippen LogP contribution in [0.1, 0.15) is 10.4 Å². The maximum Gasteiger partial charge on any atom is 0.337 e. The first-order chi connectivity index (χ1) is 10.2. The van der Waals surface area contributed by atoms with Crippen LogP contribution in [0.5, 0.6) is 0 Å². The number of H-pyrrole nitrogens is 1. The first-order valence-corrected chi connectivity index (χ1v) is 6.22. The molecule has 1 aromatic carbocycles. The highest BCUT2D eigenvalue weighted by atomic mass is 16.5. The largest absolute Gasteiger partial charge is 0.465 e. The molecule has 6 heteroatoms. The summed E-state index contributed by atoms with van der Waals surface area (Å²) in [5.74, 6) is -0.404. The monoisotopic (exact) mass is 281 g/mol. The van der Waals surface area contributed by atoms with Gasteiger partial charge in [-0.15, -0.1) is 5.10 Å². The number of aromatic amines is 1. The van der Waals surface area contributed by atoms with Gasteiger partial charge in [0.15, 0.2) is 0 Å². The summed E-state index contributed by atoms with van der Waals surface area (Å²) in [6, 6.07) is 9.89. The summed E-state index contributed by atoms with van der Waals surface area (Å²) < 4.78 is 4.65. The van der Waals surface area contributed by atoms with Gasteiger partial charge in [-0.25, -0.2) is 4.79 Å². The number of nitrogens with zero attached hydrogens (tertiary/aromatic N) is 2. The standard InChI is InChI=1S/C15H11N3O3/c1-21-15(20)10-4-2-9(3-5-10)14-13-11(8-16-18-14)6-7-12(19)17-13/h2-8H,1H3,(H,17,19). The Balaban J connectivity index is 2.14. The zero-order valence-electron chi connectivity index (χ0n) is 11.2. The molecule has 3 aromatic rings. The molecule has 0 bridgehead atoms. The van der Waals surface area contributed by atoms with E-state index in [1.807, 2.05) is 0 Å². The zero-order chi connectivity index (χ0) is 14.8. The summed E-state index contributed by atoms with van der Waals surface area (Å²) in [7, 11) is 1.33. The molecule has 0 spiro atoms. The Hall–Kier alpha value is -3.02. The molecule has 0 aliphatic rings. The van der Waals surface area contributed by atoms with E-state index < -0.39 is 5.97 Å². The Bertz CT molecular complexity index is 869. The average Bonchev–Trinajstić information content (AvgIpc) is 2.53. The van der Waals surface area contributed by atoms with Gasteiger partial charge in [-0.05, 0) is 18.2 Å². The first kappa shape index (κ1) is 13.0. The fourth-order valence-corrected chi connectivity index (χ4v) is 2.07. The highest BCUT2D eigenvalue weighted by Crippen LogP contribution is 2.23. The number of pyridine rings is 1. The molecular formula is C15H11N3O3. The van der Waals surface area contributed by atoms with Crippen molar-refractivity contribution in [2.75, 3.05) is 7.11 Å². The number of carbonyl (C=O) groups excluding carboxylic acids is 1. The molecule has 0 amide bonds. The lowest BCUT2D eigenvalue weighted by atomic mass is 10.1. The first-order valence-electron chi connectivity index (χ1n) is 6.22. The molecule has 0 radical (unpaired) electrons. The number of nitrogens with one attached hydrogen (secondary N) is 1. The molecule has 0 unspecified atom stereocenters. The minimum atomic E-state index is -0.404. The number of ether oxygens (including phenoxy) is 1. The third-order valence-corrected chi connectivity index (χ3v) is 3.12. The molecule has 0 saturated carbocycles. The number of aromatic nitrogens is 3. The van der Waals surface area contributed by atoms with Crippen LogP contribution in [0, 0.1) is 0 Å². The fourth-order valence-electron chi connectivity index (χ4n) is 2.07. The van der Waals surface area contributed by atoms with Crippen molar-refractivity contribution in [1.82, 2.24) is 15.2 Å². The number of rotatable bonds is 2. The SMILES string of the molecule is COC(=O)c1ccc(-c2nncc3ccc(=O)[nH]c23)cc1. The van der Waals surface area contributed by atoms with Gasteiger partial charge in [0.25, 0.3) is 0 Å². The van der Waals surface area contributed by atoms with Crippen LogP contribution in [-0.2, 0) is 4.74 Å². The summed E-state index contributed by atoms with van der Waals surface area (Å²) in [6.45, 7) is 0. The third kappa shape index (κ3) is 2.38. The number of carbonyl (C=O) groups is 1. The second-order valence-electron chi connectivity index (χ2n) is 4.42. The second-order valence-corrected chi connectivity index (χ2v) is 4.42. The number of hydrogen-bond donors (Lipinski definition) is 1. The predicted molar refractivity (Wildman–Crippen MR) is 76.9 cm³/mol. The topological polar surface area (TPSA) is 84.9 Å². The van der Waals surface area contributed by atoms with Gasteiger partial charge >= 0.3 is 5.97 Å². The van der Waals surface area contributed by atoms with E-state index in [1.54, 1.807) is 36.5 Å². The molecule has 3 rings (SSSR count). The van der Waals surface area contributed by atoms with Gasteiger partial charge in [0, 0.05) is 17.0 Å². The lowest BCUT2D eigenvalue weighted by Gasteiger charge is -2.05. The molecular weight excluding hydrogens is 270 g/mol. The van der Waals surface area contributed by atoms with Crippen LogP contribution >= 0.6 is 0 Å². The van der Waals surface area contributed by atoms with E-state index in [0.29, 0.717) is 16.8 Å². The molecule has 104 valence electrons. The van der Waals surface area contributed by atoms with Crippen molar-refractivity contribution < 1.29 is 9.53 Å². The predicted octanol–water partition coefficient (Wildman–Crippen LogP) is 1.77. The highest BCUT2D eigenvalue weighted by Gasteiger charge is 2.09. The number of esters is 1. The smallest absolute Gasteiger partial charge is 0.337 e. The summed E-state index contributed by atoms with van der Waals surface area (Å²) in [5, 5.41) is 8.79. The lowest BCUT2D eigenvalue weighted by molar-refractivity contribution is 0.0601. The molecule has 0 fully saturated rings. The van der Waals surface area contributed by atoms with Crippen LogP contribution in [0.25, 0.3) is 22.2 Å². The number of methoxy groups -OCH3 is 1. The van der Waals surface area contributed by atoms with Crippen LogP contribution in [-0.4, -0.2) is 28.3 Å². The van der Waals surface area contributed by atoms with Crippen LogP contribution in [0.3, 0.4) is 0 Å². The molecule has 1 N–H and O–H groups in total. The summed E-state index contributed by atoms with van der Waals surface area (Å²) in [4.78, 5) is 25.7. The van der Waals surface area contributed by atoms with E-state index in [0.717, 1.165) is 10.9 Å². The molecule has 2 aromatic heterocycles. The lowest BCUT2D eigenvalue weighted by Crippen LogP contribution is -2.05. The minimum absolute atomic E-state index is 0.206. The third-order valence-electron chi connectivity index (χ3n) is 3.12. The van der Waals surface area contributed by atoms with E-state index in [1.165, 1.54) is 13.2 Å². The fraction of sp³-hybridized carbons (Fsp3) is 0.0667. The van der Waals surface area contributed by atoms with Gasteiger partial charge in [-0.3, -0.25) is 4.79 Å². The van der Waals surface area contributed by atoms with Gasteiger partial charge in [0.1, 0.15) is 5.69 Å². The molecule has 21 heavy (non-hydrogen) atoms. The van der Waals surface area contributed by atoms with Crippen LogP contribution < -0.4 is 5.56 Å². The van der Waals surface area contributed by atoms with E-state index in [4.69, 9.17) is 0 Å². The number of fused-ring (bicyclic) bond motifs is 1. The van der Waals surface area contributed by atoms with Crippen LogP contribution in [0.4, 0.5) is 0 Å². The van der Waals surface area contributed by atoms with E-state index in [2.05, 4.69) is 19.9 Å². The van der Waals surface area contributed by atoms with E-state index >= 15 is 0 Å². The Kier molecular flexibility index (Phi) is 3.19. The van der Waals surface area contributed by atoms with Crippen LogP contribution in [0.15, 0.2) is 47.4 Å².